The maximum Gasteiger partial charge on any atom is 0.357 e. The summed E-state index contributed by atoms with van der Waals surface area (Å²) in [6, 6.07) is 12.5. The van der Waals surface area contributed by atoms with Gasteiger partial charge in [-0.3, -0.25) is 9.59 Å². The molecule has 2 heterocycles. The normalized spacial score (nSPS) is 14.2. The Hall–Kier alpha value is -3.75. The average Bonchev–Trinajstić information content (AvgIpc) is 2.76. The Morgan fingerprint density at radius 1 is 0.967 bits per heavy atom. The average molecular weight is 410 g/mol. The van der Waals surface area contributed by atoms with E-state index in [1.807, 2.05) is 4.90 Å². The lowest BCUT2D eigenvalue weighted by molar-refractivity contribution is -0.132. The molecule has 8 nitrogen and oxygen atoms in total. The van der Waals surface area contributed by atoms with Gasteiger partial charge in [0.1, 0.15) is 12.4 Å². The third-order valence-corrected chi connectivity index (χ3v) is 5.18. The number of fused-ring (bicyclic) bond motifs is 1. The second-order valence-electron chi connectivity index (χ2n) is 7.01. The lowest BCUT2D eigenvalue weighted by Crippen LogP contribution is -2.50. The fourth-order valence-corrected chi connectivity index (χ4v) is 3.59. The number of nitrogens with zero attached hydrogens (tertiary/aromatic N) is 4. The van der Waals surface area contributed by atoms with Crippen molar-refractivity contribution in [3.8, 4) is 0 Å². The number of carbonyl (C=O) groups excluding carboxylic acids is 1. The number of aromatic carboxylic acids is 1. The highest BCUT2D eigenvalue weighted by Gasteiger charge is 2.23. The molecule has 0 unspecified atom stereocenters. The Kier molecular flexibility index (Phi) is 5.18. The molecule has 3 aromatic rings. The van der Waals surface area contributed by atoms with Gasteiger partial charge in [-0.25, -0.2) is 13.9 Å². The number of aromatic nitrogens is 2. The molecule has 1 aromatic heterocycles. The molecule has 0 bridgehead atoms. The number of carbonyl (C=O) groups is 2. The number of carboxylic acids is 1. The molecular weight excluding hydrogens is 391 g/mol. The number of piperazine rings is 1. The van der Waals surface area contributed by atoms with Crippen LogP contribution in [-0.2, 0) is 11.3 Å². The van der Waals surface area contributed by atoms with Crippen LogP contribution in [0.2, 0.25) is 0 Å². The van der Waals surface area contributed by atoms with Crippen molar-refractivity contribution in [1.29, 1.82) is 0 Å². The lowest BCUT2D eigenvalue weighted by Gasteiger charge is -2.36. The second-order valence-corrected chi connectivity index (χ2v) is 7.01. The number of hydrogen-bond acceptors (Lipinski definition) is 5. The highest BCUT2D eigenvalue weighted by Crippen LogP contribution is 2.17. The standard InChI is InChI=1S/C21H19FN4O4/c22-14-5-7-15(8-6-14)24-9-11-25(12-10-24)18(27)13-26-20(28)17-4-2-1-3-16(17)19(23-26)21(29)30/h1-8H,9-13H2,(H,29,30). The van der Waals surface area contributed by atoms with E-state index in [2.05, 4.69) is 5.10 Å². The van der Waals surface area contributed by atoms with E-state index < -0.39 is 11.5 Å². The Morgan fingerprint density at radius 3 is 2.23 bits per heavy atom. The van der Waals surface area contributed by atoms with Crippen LogP contribution in [0.1, 0.15) is 10.5 Å². The molecule has 0 spiro atoms. The van der Waals surface area contributed by atoms with E-state index in [1.165, 1.54) is 24.3 Å². The predicted molar refractivity (Wildman–Crippen MR) is 108 cm³/mol. The first kappa shape index (κ1) is 19.6. The summed E-state index contributed by atoms with van der Waals surface area (Å²) in [7, 11) is 0. The van der Waals surface area contributed by atoms with E-state index in [0.717, 1.165) is 10.4 Å². The Bertz CT molecular complexity index is 1170. The minimum Gasteiger partial charge on any atom is -0.476 e. The summed E-state index contributed by atoms with van der Waals surface area (Å²) in [4.78, 5) is 40.6. The number of halogens is 1. The summed E-state index contributed by atoms with van der Waals surface area (Å²) in [6.07, 6.45) is 0. The summed E-state index contributed by atoms with van der Waals surface area (Å²) in [5.41, 5.74) is 0.107. The topological polar surface area (TPSA) is 95.7 Å². The second kappa shape index (κ2) is 7.94. The van der Waals surface area contributed by atoms with Gasteiger partial charge in [0, 0.05) is 37.3 Å². The third kappa shape index (κ3) is 3.73. The smallest absolute Gasteiger partial charge is 0.357 e. The van der Waals surface area contributed by atoms with Crippen molar-refractivity contribution in [1.82, 2.24) is 14.7 Å². The zero-order valence-electron chi connectivity index (χ0n) is 16.0. The van der Waals surface area contributed by atoms with Crippen molar-refractivity contribution in [3.63, 3.8) is 0 Å². The van der Waals surface area contributed by atoms with Gasteiger partial charge >= 0.3 is 5.97 Å². The number of amides is 1. The fraction of sp³-hybridized carbons (Fsp3) is 0.238. The largest absolute Gasteiger partial charge is 0.476 e. The zero-order valence-corrected chi connectivity index (χ0v) is 16.0. The van der Waals surface area contributed by atoms with Gasteiger partial charge in [-0.2, -0.15) is 5.10 Å². The molecule has 4 rings (SSSR count). The maximum atomic E-state index is 13.1. The highest BCUT2D eigenvalue weighted by molar-refractivity contribution is 6.01. The quantitative estimate of drug-likeness (QED) is 0.702. The monoisotopic (exact) mass is 410 g/mol. The van der Waals surface area contributed by atoms with Gasteiger partial charge in [0.15, 0.2) is 5.69 Å². The summed E-state index contributed by atoms with van der Waals surface area (Å²) in [6.45, 7) is 1.67. The van der Waals surface area contributed by atoms with Crippen molar-refractivity contribution in [3.05, 3.63) is 70.4 Å². The van der Waals surface area contributed by atoms with Crippen LogP contribution in [0.15, 0.2) is 53.3 Å². The molecule has 30 heavy (non-hydrogen) atoms. The molecule has 1 fully saturated rings. The summed E-state index contributed by atoms with van der Waals surface area (Å²) >= 11 is 0. The van der Waals surface area contributed by atoms with E-state index in [-0.39, 0.29) is 34.7 Å². The van der Waals surface area contributed by atoms with Gasteiger partial charge in [-0.05, 0) is 30.3 Å². The number of carboxylic acid groups (broad SMARTS) is 1. The van der Waals surface area contributed by atoms with Crippen LogP contribution in [0.25, 0.3) is 10.8 Å². The van der Waals surface area contributed by atoms with Crippen molar-refractivity contribution in [2.45, 2.75) is 6.54 Å². The first-order valence-corrected chi connectivity index (χ1v) is 9.45. The SMILES string of the molecule is O=C(O)c1nn(CC(=O)N2CCN(c3ccc(F)cc3)CC2)c(=O)c2ccccc12. The molecule has 0 aliphatic carbocycles. The Balaban J connectivity index is 1.50. The molecule has 1 aliphatic heterocycles. The van der Waals surface area contributed by atoms with E-state index in [0.29, 0.717) is 26.2 Å². The summed E-state index contributed by atoms with van der Waals surface area (Å²) in [5, 5.41) is 13.8. The minimum absolute atomic E-state index is 0.207. The fourth-order valence-electron chi connectivity index (χ4n) is 3.59. The van der Waals surface area contributed by atoms with Gasteiger partial charge in [-0.15, -0.1) is 0 Å². The summed E-state index contributed by atoms with van der Waals surface area (Å²) in [5.74, 6) is -1.88. The third-order valence-electron chi connectivity index (χ3n) is 5.18. The van der Waals surface area contributed by atoms with Gasteiger partial charge in [-0.1, -0.05) is 18.2 Å². The molecule has 154 valence electrons. The van der Waals surface area contributed by atoms with Crippen molar-refractivity contribution in [2.75, 3.05) is 31.1 Å². The van der Waals surface area contributed by atoms with Gasteiger partial charge in [0.25, 0.3) is 5.56 Å². The molecule has 0 saturated carbocycles. The molecule has 1 amide bonds. The van der Waals surface area contributed by atoms with Crippen molar-refractivity contribution in [2.24, 2.45) is 0 Å². The number of benzene rings is 2. The first-order chi connectivity index (χ1) is 14.4. The van der Waals surface area contributed by atoms with Crippen LogP contribution < -0.4 is 10.5 Å². The zero-order chi connectivity index (χ0) is 21.3. The summed E-state index contributed by atoms with van der Waals surface area (Å²) < 4.78 is 14.0. The predicted octanol–water partition coefficient (Wildman–Crippen LogP) is 1.58. The number of anilines is 1. The minimum atomic E-state index is -1.26. The van der Waals surface area contributed by atoms with Crippen LogP contribution in [0.3, 0.4) is 0 Å². The van der Waals surface area contributed by atoms with Crippen molar-refractivity contribution < 1.29 is 19.1 Å². The van der Waals surface area contributed by atoms with Crippen molar-refractivity contribution >= 4 is 28.3 Å². The van der Waals surface area contributed by atoms with Gasteiger partial charge in [0.05, 0.1) is 5.39 Å². The number of hydrogen-bond donors (Lipinski definition) is 1. The number of rotatable bonds is 4. The van der Waals surface area contributed by atoms with Crippen LogP contribution in [0.4, 0.5) is 10.1 Å². The molecule has 1 aliphatic rings. The molecular formula is C21H19FN4O4. The molecule has 0 atom stereocenters. The Labute approximate surface area is 170 Å². The molecule has 2 aromatic carbocycles. The van der Waals surface area contributed by atoms with Crippen LogP contribution in [-0.4, -0.2) is 57.8 Å². The molecule has 1 saturated heterocycles. The van der Waals surface area contributed by atoms with Gasteiger partial charge in [0.2, 0.25) is 5.91 Å². The van der Waals surface area contributed by atoms with Crippen LogP contribution >= 0.6 is 0 Å². The van der Waals surface area contributed by atoms with E-state index in [9.17, 15) is 23.9 Å². The highest BCUT2D eigenvalue weighted by atomic mass is 19.1. The van der Waals surface area contributed by atoms with E-state index in [1.54, 1.807) is 29.2 Å². The molecule has 1 N–H and O–H groups in total. The van der Waals surface area contributed by atoms with Gasteiger partial charge < -0.3 is 14.9 Å². The van der Waals surface area contributed by atoms with Crippen LogP contribution in [0, 0.1) is 5.82 Å². The lowest BCUT2D eigenvalue weighted by atomic mass is 10.1. The molecule has 9 heteroatoms. The maximum absolute atomic E-state index is 13.1. The Morgan fingerprint density at radius 2 is 1.60 bits per heavy atom. The molecule has 0 radical (unpaired) electrons. The van der Waals surface area contributed by atoms with E-state index >= 15 is 0 Å². The van der Waals surface area contributed by atoms with E-state index in [4.69, 9.17) is 0 Å². The van der Waals surface area contributed by atoms with Crippen LogP contribution in [0.5, 0.6) is 0 Å². The first-order valence-electron chi connectivity index (χ1n) is 9.45.